The van der Waals surface area contributed by atoms with Crippen LogP contribution in [0.25, 0.3) is 0 Å². The fourth-order valence-corrected chi connectivity index (χ4v) is 2.38. The van der Waals surface area contributed by atoms with Crippen LogP contribution in [-0.2, 0) is 12.7 Å². The minimum Gasteiger partial charge on any atom is -0.388 e. The quantitative estimate of drug-likeness (QED) is 0.921. The van der Waals surface area contributed by atoms with Gasteiger partial charge in [0.1, 0.15) is 0 Å². The Balaban J connectivity index is 2.18. The van der Waals surface area contributed by atoms with Gasteiger partial charge in [0, 0.05) is 45.5 Å². The van der Waals surface area contributed by atoms with Crippen molar-refractivity contribution in [2.75, 3.05) is 45.6 Å². The van der Waals surface area contributed by atoms with Crippen molar-refractivity contribution in [3.8, 4) is 0 Å². The van der Waals surface area contributed by atoms with Gasteiger partial charge in [-0.3, -0.25) is 4.90 Å². The van der Waals surface area contributed by atoms with E-state index in [-0.39, 0.29) is 0 Å². The van der Waals surface area contributed by atoms with Gasteiger partial charge in [0.05, 0.1) is 5.56 Å². The maximum atomic E-state index is 13.1. The van der Waals surface area contributed by atoms with Crippen LogP contribution < -0.4 is 5.32 Å². The van der Waals surface area contributed by atoms with Crippen LogP contribution in [0.1, 0.15) is 11.1 Å². The van der Waals surface area contributed by atoms with Crippen molar-refractivity contribution in [2.45, 2.75) is 12.7 Å². The third kappa shape index (κ3) is 3.64. The highest BCUT2D eigenvalue weighted by atomic mass is 19.4. The van der Waals surface area contributed by atoms with Gasteiger partial charge in [-0.1, -0.05) is 6.07 Å². The molecule has 1 aliphatic heterocycles. The zero-order chi connectivity index (χ0) is 14.8. The van der Waals surface area contributed by atoms with Crippen molar-refractivity contribution in [2.24, 2.45) is 0 Å². The lowest BCUT2D eigenvalue weighted by Crippen LogP contribution is -2.44. The summed E-state index contributed by atoms with van der Waals surface area (Å²) in [6.07, 6.45) is -4.31. The molecule has 3 nitrogen and oxygen atoms in total. The monoisotopic (exact) mass is 287 g/mol. The number of piperazine rings is 1. The Labute approximate surface area is 117 Å². The summed E-state index contributed by atoms with van der Waals surface area (Å²) < 4.78 is 39.4. The van der Waals surface area contributed by atoms with Crippen molar-refractivity contribution in [1.29, 1.82) is 0 Å². The third-order valence-electron chi connectivity index (χ3n) is 3.69. The topological polar surface area (TPSA) is 18.5 Å². The third-order valence-corrected chi connectivity index (χ3v) is 3.69. The number of likely N-dealkylation sites (N-methyl/N-ethyl adjacent to an activating group) is 1. The van der Waals surface area contributed by atoms with Crippen LogP contribution in [0.5, 0.6) is 0 Å². The molecule has 0 aromatic heterocycles. The zero-order valence-electron chi connectivity index (χ0n) is 11.8. The molecular formula is C14H20F3N3. The second-order valence-electron chi connectivity index (χ2n) is 5.20. The normalized spacial score (nSPS) is 18.2. The molecule has 2 rings (SSSR count). The van der Waals surface area contributed by atoms with Crippen LogP contribution in [-0.4, -0.2) is 50.1 Å². The number of anilines is 1. The van der Waals surface area contributed by atoms with Crippen LogP contribution in [0.15, 0.2) is 18.2 Å². The molecule has 1 N–H and O–H groups in total. The van der Waals surface area contributed by atoms with E-state index in [1.807, 2.05) is 7.05 Å². The first kappa shape index (κ1) is 15.1. The molecule has 0 saturated carbocycles. The summed E-state index contributed by atoms with van der Waals surface area (Å²) in [6, 6.07) is 4.46. The van der Waals surface area contributed by atoms with Crippen molar-refractivity contribution in [3.63, 3.8) is 0 Å². The van der Waals surface area contributed by atoms with E-state index in [2.05, 4.69) is 15.1 Å². The van der Waals surface area contributed by atoms with Gasteiger partial charge >= 0.3 is 6.18 Å². The van der Waals surface area contributed by atoms with E-state index < -0.39 is 11.7 Å². The van der Waals surface area contributed by atoms with Gasteiger partial charge in [0.2, 0.25) is 0 Å². The molecule has 1 aromatic rings. The molecule has 1 aliphatic rings. The Bertz CT molecular complexity index is 451. The Morgan fingerprint density at radius 2 is 1.80 bits per heavy atom. The molecule has 6 heteroatoms. The van der Waals surface area contributed by atoms with E-state index >= 15 is 0 Å². The molecule has 0 spiro atoms. The number of alkyl halides is 3. The highest BCUT2D eigenvalue weighted by molar-refractivity contribution is 5.49. The summed E-state index contributed by atoms with van der Waals surface area (Å²) in [5, 5.41) is 2.76. The maximum Gasteiger partial charge on any atom is 0.416 e. The number of nitrogens with zero attached hydrogens (tertiary/aromatic N) is 2. The van der Waals surface area contributed by atoms with E-state index in [4.69, 9.17) is 0 Å². The summed E-state index contributed by atoms with van der Waals surface area (Å²) in [7, 11) is 3.65. The number of benzene rings is 1. The Hall–Kier alpha value is -1.27. The summed E-state index contributed by atoms with van der Waals surface area (Å²) in [5.74, 6) is 0. The number of hydrogen-bond donors (Lipinski definition) is 1. The van der Waals surface area contributed by atoms with Crippen LogP contribution in [0.3, 0.4) is 0 Å². The molecule has 0 amide bonds. The second-order valence-corrected chi connectivity index (χ2v) is 5.20. The number of halogens is 3. The van der Waals surface area contributed by atoms with Crippen molar-refractivity contribution < 1.29 is 13.2 Å². The largest absolute Gasteiger partial charge is 0.416 e. The van der Waals surface area contributed by atoms with E-state index in [9.17, 15) is 13.2 Å². The predicted octanol–water partition coefficient (Wildman–Crippen LogP) is 2.49. The smallest absolute Gasteiger partial charge is 0.388 e. The van der Waals surface area contributed by atoms with Gasteiger partial charge in [-0.25, -0.2) is 0 Å². The zero-order valence-corrected chi connectivity index (χ0v) is 11.8. The summed E-state index contributed by atoms with van der Waals surface area (Å²) in [4.78, 5) is 4.26. The minimum atomic E-state index is -4.31. The molecule has 1 saturated heterocycles. The molecule has 20 heavy (non-hydrogen) atoms. The van der Waals surface area contributed by atoms with Crippen molar-refractivity contribution in [1.82, 2.24) is 9.80 Å². The summed E-state index contributed by atoms with van der Waals surface area (Å²) in [5.41, 5.74) is 0.295. The molecule has 0 bridgehead atoms. The molecule has 0 aliphatic carbocycles. The lowest BCUT2D eigenvalue weighted by molar-refractivity contribution is -0.138. The average Bonchev–Trinajstić information content (AvgIpc) is 2.40. The molecule has 0 unspecified atom stereocenters. The predicted molar refractivity (Wildman–Crippen MR) is 73.8 cm³/mol. The van der Waals surface area contributed by atoms with Gasteiger partial charge in [-0.15, -0.1) is 0 Å². The fraction of sp³-hybridized carbons (Fsp3) is 0.571. The summed E-state index contributed by atoms with van der Waals surface area (Å²) in [6.45, 7) is 3.77. The Morgan fingerprint density at radius 1 is 1.15 bits per heavy atom. The van der Waals surface area contributed by atoms with Crippen molar-refractivity contribution >= 4 is 5.69 Å². The Kier molecular flexibility index (Phi) is 4.55. The highest BCUT2D eigenvalue weighted by Crippen LogP contribution is 2.34. The molecular weight excluding hydrogens is 267 g/mol. The van der Waals surface area contributed by atoms with Gasteiger partial charge in [-0.05, 0) is 24.7 Å². The first-order valence-electron chi connectivity index (χ1n) is 6.69. The first-order chi connectivity index (χ1) is 9.40. The lowest BCUT2D eigenvalue weighted by atomic mass is 10.0. The lowest BCUT2D eigenvalue weighted by Gasteiger charge is -2.33. The minimum absolute atomic E-state index is 0.348. The van der Waals surface area contributed by atoms with Gasteiger partial charge in [-0.2, -0.15) is 13.2 Å². The van der Waals surface area contributed by atoms with Gasteiger partial charge in [0.25, 0.3) is 0 Å². The molecule has 1 fully saturated rings. The van der Waals surface area contributed by atoms with Crippen LogP contribution in [0.4, 0.5) is 18.9 Å². The van der Waals surface area contributed by atoms with Gasteiger partial charge < -0.3 is 10.2 Å². The molecule has 1 heterocycles. The van der Waals surface area contributed by atoms with E-state index in [0.29, 0.717) is 17.8 Å². The summed E-state index contributed by atoms with van der Waals surface area (Å²) >= 11 is 0. The van der Waals surface area contributed by atoms with E-state index in [1.54, 1.807) is 19.2 Å². The fourth-order valence-electron chi connectivity index (χ4n) is 2.38. The van der Waals surface area contributed by atoms with Crippen molar-refractivity contribution in [3.05, 3.63) is 29.3 Å². The number of hydrogen-bond acceptors (Lipinski definition) is 3. The SMILES string of the molecule is CNc1ccc(CN2CCN(C)CC2)c(C(F)(F)F)c1. The molecule has 112 valence electrons. The van der Waals surface area contributed by atoms with Gasteiger partial charge in [0.15, 0.2) is 0 Å². The average molecular weight is 287 g/mol. The highest BCUT2D eigenvalue weighted by Gasteiger charge is 2.34. The molecule has 1 aromatic carbocycles. The first-order valence-corrected chi connectivity index (χ1v) is 6.69. The van der Waals surface area contributed by atoms with Crippen LogP contribution >= 0.6 is 0 Å². The van der Waals surface area contributed by atoms with Crippen LogP contribution in [0, 0.1) is 0 Å². The van der Waals surface area contributed by atoms with Crippen LogP contribution in [0.2, 0.25) is 0 Å². The molecule has 0 radical (unpaired) electrons. The van der Waals surface area contributed by atoms with E-state index in [1.165, 1.54) is 6.07 Å². The second kappa shape index (κ2) is 6.01. The van der Waals surface area contributed by atoms with E-state index in [0.717, 1.165) is 26.2 Å². The molecule has 0 atom stereocenters. The maximum absolute atomic E-state index is 13.1. The number of nitrogens with one attached hydrogen (secondary N) is 1. The number of rotatable bonds is 3. The standard InChI is InChI=1S/C14H20F3N3/c1-18-12-4-3-11(13(9-12)14(15,16)17)10-20-7-5-19(2)6-8-20/h3-4,9,18H,5-8,10H2,1-2H3. The Morgan fingerprint density at radius 3 is 2.35 bits per heavy atom.